The highest BCUT2D eigenvalue weighted by molar-refractivity contribution is 7.47. The highest BCUT2D eigenvalue weighted by Gasteiger charge is 2.27. The minimum atomic E-state index is -4.34. The van der Waals surface area contributed by atoms with Gasteiger partial charge in [-0.05, 0) is 19.3 Å². The molecule has 0 aliphatic heterocycles. The molecule has 0 saturated carbocycles. The summed E-state index contributed by atoms with van der Waals surface area (Å²) in [4.78, 5) is 23.3. The van der Waals surface area contributed by atoms with E-state index in [0.717, 1.165) is 32.1 Å². The summed E-state index contributed by atoms with van der Waals surface area (Å²) in [6.07, 6.45) is 64.6. The van der Waals surface area contributed by atoms with Gasteiger partial charge < -0.3 is 19.8 Å². The first-order chi connectivity index (χ1) is 33.5. The first kappa shape index (κ1) is 68.2. The highest BCUT2D eigenvalue weighted by Crippen LogP contribution is 2.43. The molecule has 1 amide bonds. The number of carbonyl (C=O) groups is 1. The number of hydrogen-bond donors (Lipinski definition) is 3. The molecule has 0 aliphatic rings. The van der Waals surface area contributed by atoms with Crippen LogP contribution in [0.2, 0.25) is 0 Å². The maximum atomic E-state index is 13.0. The number of hydrogen-bond acceptors (Lipinski definition) is 5. The fourth-order valence-corrected chi connectivity index (χ4v) is 10.2. The molecular weight excluding hydrogens is 876 g/mol. The van der Waals surface area contributed by atoms with Crippen molar-refractivity contribution >= 4 is 13.7 Å². The molecule has 3 atom stereocenters. The second kappa shape index (κ2) is 52.1. The molecule has 0 heterocycles. The number of amides is 1. The molecule has 0 rings (SSSR count). The number of allylic oxidation sites excluding steroid dienone is 1. The fourth-order valence-electron chi connectivity index (χ4n) is 9.46. The molecule has 412 valence electrons. The monoisotopic (exact) mass is 998 g/mol. The molecule has 0 saturated heterocycles. The number of likely N-dealkylation sites (N-methyl/N-ethyl adjacent to an activating group) is 1. The smallest absolute Gasteiger partial charge is 0.387 e. The lowest BCUT2D eigenvalue weighted by Gasteiger charge is -2.25. The average Bonchev–Trinajstić information content (AvgIpc) is 3.31. The van der Waals surface area contributed by atoms with E-state index in [1.165, 1.54) is 263 Å². The largest absolute Gasteiger partial charge is 0.472 e. The standard InChI is InChI=1S/C60H121N2O6P/c1-6-8-10-12-14-16-18-20-22-24-26-28-30-31-32-34-36-38-40-42-44-46-48-50-52-54-60(64)61-58(57-68-69(65,66)67-56-55-62(3,4)5)59(63)53-51-49-47-45-43-41-39-37-35-33-29-27-25-23-21-19-17-15-13-11-9-7-2/h51,53,58-59,63H,6-50,52,54-57H2,1-5H3,(H-,61,64,65,66)/p+1/b53-51+. The van der Waals surface area contributed by atoms with Crippen molar-refractivity contribution in [3.63, 3.8) is 0 Å². The lowest BCUT2D eigenvalue weighted by molar-refractivity contribution is -0.870. The van der Waals surface area contributed by atoms with E-state index in [1.807, 2.05) is 27.2 Å². The van der Waals surface area contributed by atoms with Crippen LogP contribution in [0.15, 0.2) is 12.2 Å². The predicted molar refractivity (Wildman–Crippen MR) is 300 cm³/mol. The minimum absolute atomic E-state index is 0.0653. The number of aliphatic hydroxyl groups is 1. The number of carbonyl (C=O) groups excluding carboxylic acids is 1. The third-order valence-electron chi connectivity index (χ3n) is 14.3. The molecule has 8 nitrogen and oxygen atoms in total. The Morgan fingerprint density at radius 1 is 0.478 bits per heavy atom. The summed E-state index contributed by atoms with van der Waals surface area (Å²) in [5, 5.41) is 14.0. The van der Waals surface area contributed by atoms with E-state index in [2.05, 4.69) is 19.2 Å². The van der Waals surface area contributed by atoms with Crippen LogP contribution in [0.1, 0.15) is 316 Å². The van der Waals surface area contributed by atoms with Gasteiger partial charge in [-0.1, -0.05) is 302 Å². The van der Waals surface area contributed by atoms with E-state index in [0.29, 0.717) is 17.4 Å². The van der Waals surface area contributed by atoms with Crippen LogP contribution in [-0.4, -0.2) is 73.4 Å². The molecule has 0 spiro atoms. The quantitative estimate of drug-likeness (QED) is 0.0243. The molecule has 0 aromatic heterocycles. The van der Waals surface area contributed by atoms with Crippen molar-refractivity contribution in [2.24, 2.45) is 0 Å². The molecular formula is C60H122N2O6P+. The molecule has 0 aromatic rings. The lowest BCUT2D eigenvalue weighted by atomic mass is 10.0. The number of nitrogens with zero attached hydrogens (tertiary/aromatic N) is 1. The van der Waals surface area contributed by atoms with Crippen molar-refractivity contribution in [3.05, 3.63) is 12.2 Å². The van der Waals surface area contributed by atoms with E-state index in [1.54, 1.807) is 6.08 Å². The Morgan fingerprint density at radius 2 is 0.768 bits per heavy atom. The van der Waals surface area contributed by atoms with Gasteiger partial charge in [-0.15, -0.1) is 0 Å². The van der Waals surface area contributed by atoms with E-state index >= 15 is 0 Å². The lowest BCUT2D eigenvalue weighted by Crippen LogP contribution is -2.45. The van der Waals surface area contributed by atoms with Gasteiger partial charge in [0.25, 0.3) is 0 Å². The van der Waals surface area contributed by atoms with Gasteiger partial charge in [0, 0.05) is 6.42 Å². The SMILES string of the molecule is CCCCCCCCCCCCCCCCCCCCCC/C=C/C(O)C(COP(=O)(O)OCC[N+](C)(C)C)NC(=O)CCCCCCCCCCCCCCCCCCCCCCCCCCC. The van der Waals surface area contributed by atoms with Crippen LogP contribution in [0, 0.1) is 0 Å². The van der Waals surface area contributed by atoms with Gasteiger partial charge in [-0.2, -0.15) is 0 Å². The molecule has 0 aromatic carbocycles. The fraction of sp³-hybridized carbons (Fsp3) is 0.950. The zero-order valence-corrected chi connectivity index (χ0v) is 48.0. The molecule has 69 heavy (non-hydrogen) atoms. The van der Waals surface area contributed by atoms with Crippen molar-refractivity contribution in [2.45, 2.75) is 328 Å². The average molecular weight is 999 g/mol. The Bertz CT molecular complexity index is 1130. The van der Waals surface area contributed by atoms with Gasteiger partial charge in [0.15, 0.2) is 0 Å². The predicted octanol–water partition coefficient (Wildman–Crippen LogP) is 18.6. The second-order valence-electron chi connectivity index (χ2n) is 22.4. The van der Waals surface area contributed by atoms with Crippen LogP contribution in [0.5, 0.6) is 0 Å². The summed E-state index contributed by atoms with van der Waals surface area (Å²) in [5.74, 6) is -0.169. The van der Waals surface area contributed by atoms with Crippen LogP contribution >= 0.6 is 7.82 Å². The Balaban J connectivity index is 4.13. The third kappa shape index (κ3) is 54.8. The van der Waals surface area contributed by atoms with Gasteiger partial charge >= 0.3 is 7.82 Å². The van der Waals surface area contributed by atoms with Crippen LogP contribution in [0.3, 0.4) is 0 Å². The molecule has 0 radical (unpaired) electrons. The summed E-state index contributed by atoms with van der Waals surface area (Å²) in [6, 6.07) is -0.842. The van der Waals surface area contributed by atoms with E-state index in [9.17, 15) is 19.4 Å². The van der Waals surface area contributed by atoms with Gasteiger partial charge in [0.1, 0.15) is 13.2 Å². The zero-order chi connectivity index (χ0) is 50.6. The summed E-state index contributed by atoms with van der Waals surface area (Å²) >= 11 is 0. The normalized spacial score (nSPS) is 13.9. The van der Waals surface area contributed by atoms with Crippen molar-refractivity contribution < 1.29 is 32.9 Å². The second-order valence-corrected chi connectivity index (χ2v) is 23.9. The molecule has 3 N–H and O–H groups in total. The first-order valence-electron chi connectivity index (χ1n) is 30.6. The van der Waals surface area contributed by atoms with E-state index < -0.39 is 20.0 Å². The molecule has 9 heteroatoms. The van der Waals surface area contributed by atoms with Gasteiger partial charge in [-0.25, -0.2) is 4.57 Å². The Labute approximate surface area is 431 Å². The third-order valence-corrected chi connectivity index (χ3v) is 15.2. The number of phosphoric ester groups is 1. The number of quaternary nitrogens is 1. The summed E-state index contributed by atoms with van der Waals surface area (Å²) < 4.78 is 23.8. The Kier molecular flexibility index (Phi) is 51.5. The van der Waals surface area contributed by atoms with Crippen molar-refractivity contribution in [2.75, 3.05) is 40.9 Å². The maximum Gasteiger partial charge on any atom is 0.472 e. The molecule has 0 fully saturated rings. The van der Waals surface area contributed by atoms with Gasteiger partial charge in [0.2, 0.25) is 5.91 Å². The van der Waals surface area contributed by atoms with Crippen LogP contribution < -0.4 is 5.32 Å². The Morgan fingerprint density at radius 3 is 1.07 bits per heavy atom. The first-order valence-corrected chi connectivity index (χ1v) is 32.1. The van der Waals surface area contributed by atoms with Crippen LogP contribution in [0.4, 0.5) is 0 Å². The van der Waals surface area contributed by atoms with Crippen LogP contribution in [-0.2, 0) is 18.4 Å². The number of unbranched alkanes of at least 4 members (excludes halogenated alkanes) is 44. The number of aliphatic hydroxyl groups excluding tert-OH is 1. The van der Waals surface area contributed by atoms with E-state index in [-0.39, 0.29) is 19.1 Å². The van der Waals surface area contributed by atoms with Crippen molar-refractivity contribution in [1.29, 1.82) is 0 Å². The molecule has 0 bridgehead atoms. The van der Waals surface area contributed by atoms with Gasteiger partial charge in [-0.3, -0.25) is 13.8 Å². The number of phosphoric acid groups is 1. The van der Waals surface area contributed by atoms with Gasteiger partial charge in [0.05, 0.1) is 39.9 Å². The summed E-state index contributed by atoms with van der Waals surface area (Å²) in [5.41, 5.74) is 0. The molecule has 0 aliphatic carbocycles. The topological polar surface area (TPSA) is 105 Å². The highest BCUT2D eigenvalue weighted by atomic mass is 31.2. The van der Waals surface area contributed by atoms with Crippen molar-refractivity contribution in [3.8, 4) is 0 Å². The maximum absolute atomic E-state index is 13.0. The zero-order valence-electron chi connectivity index (χ0n) is 47.1. The minimum Gasteiger partial charge on any atom is -0.387 e. The van der Waals surface area contributed by atoms with E-state index in [4.69, 9.17) is 9.05 Å². The number of nitrogens with one attached hydrogen (secondary N) is 1. The summed E-state index contributed by atoms with van der Waals surface area (Å²) in [6.45, 7) is 4.88. The summed E-state index contributed by atoms with van der Waals surface area (Å²) in [7, 11) is 1.59. The molecule has 3 unspecified atom stereocenters. The van der Waals surface area contributed by atoms with Crippen molar-refractivity contribution in [1.82, 2.24) is 5.32 Å². The number of rotatable bonds is 57. The van der Waals surface area contributed by atoms with Crippen LogP contribution in [0.25, 0.3) is 0 Å². The Hall–Kier alpha value is -0.760.